The number of allylic oxidation sites excluding steroid dienone is 5. The Balaban J connectivity index is 1.44. The van der Waals surface area contributed by atoms with E-state index in [1.54, 1.807) is 18.2 Å². The van der Waals surface area contributed by atoms with Crippen LogP contribution in [0.2, 0.25) is 0 Å². The standard InChI is InChI=1S/C29H36N4O4S/c1-17-14-33(15-18(2)30-17)29(35)27-19(3)26(31-20(27)4)13-24-23-12-22(10-11-25(23)32-28(24)34)38(36,37)16-21-8-6-5-7-9-21/h6,8-9,11-13,17-18,22,30-31H,5,7,10,14-16H2,1-4H3,(H,32,34)/b24-13-/t17-,18+,22?. The van der Waals surface area contributed by atoms with Crippen LogP contribution in [0.15, 0.2) is 52.8 Å². The van der Waals surface area contributed by atoms with Gasteiger partial charge in [0.2, 0.25) is 0 Å². The van der Waals surface area contributed by atoms with E-state index in [1.807, 2.05) is 37.0 Å². The van der Waals surface area contributed by atoms with E-state index >= 15 is 0 Å². The van der Waals surface area contributed by atoms with E-state index < -0.39 is 15.1 Å². The number of carbonyl (C=O) groups is 2. The second-order valence-electron chi connectivity index (χ2n) is 10.9. The van der Waals surface area contributed by atoms with E-state index in [4.69, 9.17) is 0 Å². The summed E-state index contributed by atoms with van der Waals surface area (Å²) in [5, 5.41) is 5.63. The fourth-order valence-electron chi connectivity index (χ4n) is 5.89. The highest BCUT2D eigenvalue weighted by atomic mass is 32.2. The zero-order valence-electron chi connectivity index (χ0n) is 22.4. The Bertz CT molecular complexity index is 1430. The third-order valence-corrected chi connectivity index (χ3v) is 9.69. The molecule has 2 aliphatic heterocycles. The Morgan fingerprint density at radius 2 is 1.87 bits per heavy atom. The molecule has 2 saturated heterocycles. The molecule has 1 unspecified atom stereocenters. The third-order valence-electron chi connectivity index (χ3n) is 7.70. The normalized spacial score (nSPS) is 26.6. The van der Waals surface area contributed by atoms with Gasteiger partial charge in [0, 0.05) is 47.8 Å². The molecule has 3 N–H and O–H groups in total. The number of rotatable bonds is 5. The summed E-state index contributed by atoms with van der Waals surface area (Å²) in [5.74, 6) is -0.306. The minimum atomic E-state index is -3.45. The first-order valence-corrected chi connectivity index (χ1v) is 15.0. The molecule has 202 valence electrons. The number of carbonyl (C=O) groups excluding carboxylic acids is 2. The first-order valence-electron chi connectivity index (χ1n) is 13.3. The molecule has 9 heteroatoms. The fraction of sp³-hybridized carbons (Fsp3) is 0.448. The Hall–Kier alpha value is -3.17. The van der Waals surface area contributed by atoms with Gasteiger partial charge in [0.25, 0.3) is 11.8 Å². The van der Waals surface area contributed by atoms with Gasteiger partial charge in [0.15, 0.2) is 9.84 Å². The SMILES string of the molecule is Cc1[nH]c(/C=C2\C(=O)NC3=CCC(S(=O)(=O)CC4=CCCC=C4)C=C32)c(C)c1C(=O)N1C[C@@H](C)N[C@@H](C)C1. The summed E-state index contributed by atoms with van der Waals surface area (Å²) in [6.45, 7) is 9.16. The summed E-state index contributed by atoms with van der Waals surface area (Å²) < 4.78 is 26.5. The van der Waals surface area contributed by atoms with Crippen molar-refractivity contribution in [3.8, 4) is 0 Å². The van der Waals surface area contributed by atoms with Crippen LogP contribution in [-0.2, 0) is 14.6 Å². The average Bonchev–Trinajstić information content (AvgIpc) is 3.32. The Morgan fingerprint density at radius 1 is 1.13 bits per heavy atom. The number of aromatic amines is 1. The molecule has 4 aliphatic rings. The number of sulfone groups is 1. The number of hydrogen-bond donors (Lipinski definition) is 3. The lowest BCUT2D eigenvalue weighted by Gasteiger charge is -2.36. The summed E-state index contributed by atoms with van der Waals surface area (Å²) >= 11 is 0. The van der Waals surface area contributed by atoms with Crippen LogP contribution in [0, 0.1) is 13.8 Å². The van der Waals surface area contributed by atoms with Crippen LogP contribution in [0.4, 0.5) is 0 Å². The molecular weight excluding hydrogens is 500 g/mol. The topological polar surface area (TPSA) is 111 Å². The van der Waals surface area contributed by atoms with Gasteiger partial charge in [-0.3, -0.25) is 9.59 Å². The van der Waals surface area contributed by atoms with E-state index in [-0.39, 0.29) is 29.7 Å². The monoisotopic (exact) mass is 536 g/mol. The van der Waals surface area contributed by atoms with Crippen molar-refractivity contribution in [1.29, 1.82) is 0 Å². The molecule has 8 nitrogen and oxygen atoms in total. The second-order valence-corrected chi connectivity index (χ2v) is 13.1. The van der Waals surface area contributed by atoms with Crippen LogP contribution >= 0.6 is 0 Å². The molecule has 1 aromatic heterocycles. The van der Waals surface area contributed by atoms with E-state index in [0.717, 1.165) is 29.7 Å². The maximum absolute atomic E-state index is 13.5. The van der Waals surface area contributed by atoms with Crippen LogP contribution in [0.25, 0.3) is 6.08 Å². The van der Waals surface area contributed by atoms with Crippen LogP contribution in [0.5, 0.6) is 0 Å². The molecule has 38 heavy (non-hydrogen) atoms. The summed E-state index contributed by atoms with van der Waals surface area (Å²) in [4.78, 5) is 31.6. The van der Waals surface area contributed by atoms with Gasteiger partial charge in [-0.2, -0.15) is 0 Å². The molecule has 2 fully saturated rings. The Kier molecular flexibility index (Phi) is 7.09. The van der Waals surface area contributed by atoms with Crippen LogP contribution < -0.4 is 10.6 Å². The molecule has 0 radical (unpaired) electrons. The zero-order valence-corrected chi connectivity index (χ0v) is 23.2. The summed E-state index contributed by atoms with van der Waals surface area (Å²) in [5.41, 5.74) is 5.30. The maximum atomic E-state index is 13.5. The molecule has 0 aromatic carbocycles. The van der Waals surface area contributed by atoms with Gasteiger partial charge in [0.05, 0.1) is 22.1 Å². The van der Waals surface area contributed by atoms with Crippen molar-refractivity contribution in [1.82, 2.24) is 20.5 Å². The van der Waals surface area contributed by atoms with E-state index in [2.05, 4.69) is 29.5 Å². The lowest BCUT2D eigenvalue weighted by Crippen LogP contribution is -2.55. The summed E-state index contributed by atoms with van der Waals surface area (Å²) in [6, 6.07) is 0.424. The molecule has 3 heterocycles. The quantitative estimate of drug-likeness (QED) is 0.501. The third kappa shape index (κ3) is 5.09. The van der Waals surface area contributed by atoms with Gasteiger partial charge in [0.1, 0.15) is 0 Å². The van der Waals surface area contributed by atoms with Crippen LogP contribution in [-0.4, -0.2) is 66.3 Å². The number of amides is 2. The Labute approximate surface area is 224 Å². The van der Waals surface area contributed by atoms with Crippen molar-refractivity contribution in [3.63, 3.8) is 0 Å². The Morgan fingerprint density at radius 3 is 2.55 bits per heavy atom. The summed E-state index contributed by atoms with van der Waals surface area (Å²) in [7, 11) is -3.45. The van der Waals surface area contributed by atoms with Gasteiger partial charge < -0.3 is 20.5 Å². The summed E-state index contributed by atoms with van der Waals surface area (Å²) in [6.07, 6.45) is 13.2. The maximum Gasteiger partial charge on any atom is 0.256 e. The first-order chi connectivity index (χ1) is 18.0. The van der Waals surface area contributed by atoms with Crippen LogP contribution in [0.1, 0.15) is 60.4 Å². The number of aromatic nitrogens is 1. The minimum Gasteiger partial charge on any atom is -0.358 e. The first kappa shape index (κ1) is 26.4. The molecule has 1 aromatic rings. The van der Waals surface area contributed by atoms with Gasteiger partial charge in [-0.05, 0) is 64.2 Å². The molecule has 0 bridgehead atoms. The van der Waals surface area contributed by atoms with Crippen molar-refractivity contribution >= 4 is 27.7 Å². The van der Waals surface area contributed by atoms with E-state index in [1.165, 1.54) is 0 Å². The molecule has 0 spiro atoms. The molecule has 2 aliphatic carbocycles. The predicted molar refractivity (Wildman–Crippen MR) is 149 cm³/mol. The van der Waals surface area contributed by atoms with Gasteiger partial charge in [-0.25, -0.2) is 8.42 Å². The molecule has 5 rings (SSSR count). The van der Waals surface area contributed by atoms with Gasteiger partial charge in [-0.15, -0.1) is 0 Å². The second kappa shape index (κ2) is 10.2. The lowest BCUT2D eigenvalue weighted by molar-refractivity contribution is -0.115. The van der Waals surface area contributed by atoms with Crippen molar-refractivity contribution in [2.45, 2.75) is 64.3 Å². The number of hydrogen-bond acceptors (Lipinski definition) is 5. The lowest BCUT2D eigenvalue weighted by atomic mass is 9.98. The average molecular weight is 537 g/mol. The zero-order chi connectivity index (χ0) is 27.2. The molecule has 2 amide bonds. The number of aryl methyl sites for hydroxylation is 1. The number of nitrogens with one attached hydrogen (secondary N) is 3. The minimum absolute atomic E-state index is 0.00873. The largest absolute Gasteiger partial charge is 0.358 e. The van der Waals surface area contributed by atoms with Crippen molar-refractivity contribution in [2.75, 3.05) is 18.8 Å². The van der Waals surface area contributed by atoms with Gasteiger partial charge in [-0.1, -0.05) is 30.4 Å². The molecular formula is C29H36N4O4S. The highest BCUT2D eigenvalue weighted by molar-refractivity contribution is 7.92. The van der Waals surface area contributed by atoms with Crippen molar-refractivity contribution in [2.24, 2.45) is 0 Å². The number of fused-ring (bicyclic) bond motifs is 1. The number of nitrogens with zero attached hydrogens (tertiary/aromatic N) is 1. The van der Waals surface area contributed by atoms with Gasteiger partial charge >= 0.3 is 0 Å². The smallest absolute Gasteiger partial charge is 0.256 e. The molecule has 3 atom stereocenters. The highest BCUT2D eigenvalue weighted by Crippen LogP contribution is 2.34. The highest BCUT2D eigenvalue weighted by Gasteiger charge is 2.35. The predicted octanol–water partition coefficient (Wildman–Crippen LogP) is 3.24. The van der Waals surface area contributed by atoms with Crippen LogP contribution in [0.3, 0.4) is 0 Å². The number of piperazine rings is 1. The number of H-pyrrole nitrogens is 1. The fourth-order valence-corrected chi connectivity index (χ4v) is 7.52. The van der Waals surface area contributed by atoms with E-state index in [0.29, 0.717) is 47.6 Å². The van der Waals surface area contributed by atoms with Crippen molar-refractivity contribution < 1.29 is 18.0 Å². The van der Waals surface area contributed by atoms with E-state index in [9.17, 15) is 18.0 Å². The molecule has 0 saturated carbocycles. The van der Waals surface area contributed by atoms with Crippen molar-refractivity contribution in [3.05, 3.63) is 75.3 Å².